The van der Waals surface area contributed by atoms with Gasteiger partial charge in [0, 0.05) is 19.4 Å². The average Bonchev–Trinajstić information content (AvgIpc) is 3.43. The monoisotopic (exact) mass is 611 g/mol. The van der Waals surface area contributed by atoms with Gasteiger partial charge in [0.25, 0.3) is 0 Å². The smallest absolute Gasteiger partial charge is 0.168 e. The van der Waals surface area contributed by atoms with Crippen LogP contribution in [0.2, 0.25) is 0 Å². The fourth-order valence-electron chi connectivity index (χ4n) is 5.54. The molecule has 0 spiro atoms. The predicted molar refractivity (Wildman–Crippen MR) is 193 cm³/mol. The van der Waals surface area contributed by atoms with Crippen LogP contribution in [0.4, 0.5) is 0 Å². The van der Waals surface area contributed by atoms with E-state index >= 15 is 0 Å². The maximum Gasteiger partial charge on any atom is 0.168 e. The van der Waals surface area contributed by atoms with E-state index in [-0.39, 0.29) is 12.7 Å². The van der Waals surface area contributed by atoms with Gasteiger partial charge in [-0.3, -0.25) is 0 Å². The molecule has 3 heteroatoms. The van der Waals surface area contributed by atoms with E-state index < -0.39 is 5.79 Å². The van der Waals surface area contributed by atoms with Crippen LogP contribution in [0.3, 0.4) is 0 Å². The van der Waals surface area contributed by atoms with Crippen LogP contribution in [0.15, 0.2) is 72.9 Å². The molecule has 1 fully saturated rings. The van der Waals surface area contributed by atoms with Gasteiger partial charge in [-0.05, 0) is 96.3 Å². The van der Waals surface area contributed by atoms with Crippen molar-refractivity contribution >= 4 is 0 Å². The first-order valence-corrected chi connectivity index (χ1v) is 18.6. The molecule has 0 bridgehead atoms. The molecule has 0 amide bonds. The van der Waals surface area contributed by atoms with E-state index in [2.05, 4.69) is 86.8 Å². The van der Waals surface area contributed by atoms with Gasteiger partial charge in [-0.1, -0.05) is 125 Å². The summed E-state index contributed by atoms with van der Waals surface area (Å²) in [5.74, 6) is -0.435. The summed E-state index contributed by atoms with van der Waals surface area (Å²) < 4.78 is 12.7. The second-order valence-corrected chi connectivity index (χ2v) is 12.4. The molecule has 3 nitrogen and oxygen atoms in total. The lowest BCUT2D eigenvalue weighted by molar-refractivity contribution is -0.180. The second-order valence-electron chi connectivity index (χ2n) is 12.4. The molecule has 0 radical (unpaired) electrons. The van der Waals surface area contributed by atoms with Crippen molar-refractivity contribution in [3.8, 4) is 0 Å². The first-order valence-electron chi connectivity index (χ1n) is 18.6. The topological polar surface area (TPSA) is 38.7 Å². The highest BCUT2D eigenvalue weighted by Crippen LogP contribution is 2.35. The Hall–Kier alpha value is -1.68. The van der Waals surface area contributed by atoms with Crippen molar-refractivity contribution in [3.05, 3.63) is 72.9 Å². The van der Waals surface area contributed by atoms with Gasteiger partial charge in [0.1, 0.15) is 0 Å². The molecule has 0 aliphatic carbocycles. The van der Waals surface area contributed by atoms with E-state index in [1.54, 1.807) is 0 Å². The zero-order valence-corrected chi connectivity index (χ0v) is 28.9. The molecule has 1 aliphatic rings. The highest BCUT2D eigenvalue weighted by molar-refractivity contribution is 4.98. The maximum absolute atomic E-state index is 9.38. The number of hydrogen-bond donors (Lipinski definition) is 1. The molecule has 0 aromatic rings. The van der Waals surface area contributed by atoms with Crippen LogP contribution >= 0.6 is 0 Å². The van der Waals surface area contributed by atoms with Crippen molar-refractivity contribution in [3.63, 3.8) is 0 Å². The van der Waals surface area contributed by atoms with E-state index in [1.165, 1.54) is 77.0 Å². The largest absolute Gasteiger partial charge is 0.396 e. The van der Waals surface area contributed by atoms with Crippen LogP contribution in [0.1, 0.15) is 162 Å². The van der Waals surface area contributed by atoms with Gasteiger partial charge in [-0.25, -0.2) is 0 Å². The van der Waals surface area contributed by atoms with Gasteiger partial charge < -0.3 is 14.6 Å². The van der Waals surface area contributed by atoms with E-state index in [4.69, 9.17) is 9.47 Å². The van der Waals surface area contributed by atoms with E-state index in [9.17, 15) is 5.11 Å². The second kappa shape index (κ2) is 31.3. The number of hydrogen-bond acceptors (Lipinski definition) is 3. The van der Waals surface area contributed by atoms with Gasteiger partial charge in [-0.2, -0.15) is 0 Å². The molecule has 1 heterocycles. The maximum atomic E-state index is 9.38. The third-order valence-corrected chi connectivity index (χ3v) is 8.26. The van der Waals surface area contributed by atoms with Crippen molar-refractivity contribution in [2.24, 2.45) is 0 Å². The first kappa shape index (κ1) is 40.3. The Morgan fingerprint density at radius 3 is 1.30 bits per heavy atom. The van der Waals surface area contributed by atoms with Crippen LogP contribution in [0.5, 0.6) is 0 Å². The van der Waals surface area contributed by atoms with Gasteiger partial charge in [0.05, 0.1) is 12.7 Å². The minimum absolute atomic E-state index is 0.0417. The molecule has 1 saturated heterocycles. The Bertz CT molecular complexity index is 734. The summed E-state index contributed by atoms with van der Waals surface area (Å²) >= 11 is 0. The van der Waals surface area contributed by atoms with E-state index in [1.807, 2.05) is 0 Å². The molecule has 0 aromatic carbocycles. The van der Waals surface area contributed by atoms with Crippen molar-refractivity contribution in [1.82, 2.24) is 0 Å². The minimum atomic E-state index is -0.435. The minimum Gasteiger partial charge on any atom is -0.396 e. The summed E-state index contributed by atoms with van der Waals surface area (Å²) in [5, 5.41) is 9.38. The molecule has 252 valence electrons. The number of aliphatic hydroxyl groups excluding tert-OH is 1. The Labute approximate surface area is 273 Å². The summed E-state index contributed by atoms with van der Waals surface area (Å²) in [4.78, 5) is 0. The van der Waals surface area contributed by atoms with Gasteiger partial charge >= 0.3 is 0 Å². The van der Waals surface area contributed by atoms with Crippen molar-refractivity contribution in [2.75, 3.05) is 13.2 Å². The van der Waals surface area contributed by atoms with E-state index in [0.717, 1.165) is 64.2 Å². The molecule has 1 atom stereocenters. The summed E-state index contributed by atoms with van der Waals surface area (Å²) in [6.07, 6.45) is 54.2. The Morgan fingerprint density at radius 1 is 0.523 bits per heavy atom. The van der Waals surface area contributed by atoms with Crippen molar-refractivity contribution in [1.29, 1.82) is 0 Å². The summed E-state index contributed by atoms with van der Waals surface area (Å²) in [6.45, 7) is 5.30. The lowest BCUT2D eigenvalue weighted by atomic mass is 9.99. The highest BCUT2D eigenvalue weighted by Gasteiger charge is 2.40. The number of aliphatic hydroxyl groups is 1. The molecule has 1 unspecified atom stereocenters. The lowest BCUT2D eigenvalue weighted by Crippen LogP contribution is -2.31. The number of rotatable bonds is 30. The van der Waals surface area contributed by atoms with Crippen LogP contribution < -0.4 is 0 Å². The van der Waals surface area contributed by atoms with Crippen LogP contribution in [0, 0.1) is 0 Å². The van der Waals surface area contributed by atoms with Crippen molar-refractivity contribution < 1.29 is 14.6 Å². The van der Waals surface area contributed by atoms with E-state index in [0.29, 0.717) is 13.0 Å². The number of ether oxygens (including phenoxy) is 2. The SMILES string of the molecule is CCCCCC=CCC=CCC=CCCCCCC1(CCCCCC=CCC=CCC=CCCCCC)OCC(CCO)O1. The predicted octanol–water partition coefficient (Wildman–Crippen LogP) is 12.4. The Kier molecular flexibility index (Phi) is 28.7. The standard InChI is InChI=1S/C41H70O3/c1-3-5-7-9-11-13-15-17-19-21-23-25-27-29-31-33-36-41(43-39-40(44-41)35-38-42)37-34-32-30-28-26-24-22-20-18-16-14-12-10-8-6-4-2/h11-14,17-20,23-26,40,42H,3-10,15-16,21-22,27-39H2,1-2H3. The lowest BCUT2D eigenvalue weighted by Gasteiger charge is -2.28. The normalized spacial score (nSPS) is 19.6. The Morgan fingerprint density at radius 2 is 0.909 bits per heavy atom. The molecular weight excluding hydrogens is 540 g/mol. The number of unbranched alkanes of at least 4 members (excludes halogenated alkanes) is 12. The van der Waals surface area contributed by atoms with Crippen LogP contribution in [0.25, 0.3) is 0 Å². The summed E-state index contributed by atoms with van der Waals surface area (Å²) in [7, 11) is 0. The zero-order valence-electron chi connectivity index (χ0n) is 28.9. The molecule has 0 aromatic heterocycles. The van der Waals surface area contributed by atoms with Gasteiger partial charge in [0.2, 0.25) is 0 Å². The molecule has 1 aliphatic heterocycles. The fourth-order valence-corrected chi connectivity index (χ4v) is 5.54. The van der Waals surface area contributed by atoms with Gasteiger partial charge in [-0.15, -0.1) is 0 Å². The molecular formula is C41H70O3. The first-order chi connectivity index (χ1) is 21.8. The Balaban J connectivity index is 2.16. The van der Waals surface area contributed by atoms with Gasteiger partial charge in [0.15, 0.2) is 5.79 Å². The molecule has 1 N–H and O–H groups in total. The number of allylic oxidation sites excluding steroid dienone is 12. The fraction of sp³-hybridized carbons (Fsp3) is 0.707. The third-order valence-electron chi connectivity index (χ3n) is 8.26. The molecule has 0 saturated carbocycles. The summed E-state index contributed by atoms with van der Waals surface area (Å²) in [6, 6.07) is 0. The third kappa shape index (κ3) is 24.6. The van der Waals surface area contributed by atoms with Crippen molar-refractivity contribution in [2.45, 2.75) is 173 Å². The van der Waals surface area contributed by atoms with Crippen LogP contribution in [-0.4, -0.2) is 30.2 Å². The molecule has 44 heavy (non-hydrogen) atoms. The average molecular weight is 611 g/mol. The summed E-state index contributed by atoms with van der Waals surface area (Å²) in [5.41, 5.74) is 0. The van der Waals surface area contributed by atoms with Crippen LogP contribution in [-0.2, 0) is 9.47 Å². The molecule has 1 rings (SSSR count). The quantitative estimate of drug-likeness (QED) is 0.0649. The highest BCUT2D eigenvalue weighted by atomic mass is 16.7. The zero-order chi connectivity index (χ0) is 31.7.